The average molecular weight is 212 g/mol. The Bertz CT molecular complexity index is 356. The fourth-order valence-corrected chi connectivity index (χ4v) is 3.00. The zero-order valence-electron chi connectivity index (χ0n) is 7.95. The van der Waals surface area contributed by atoms with E-state index in [1.54, 1.807) is 0 Å². The molecule has 0 saturated carbocycles. The Morgan fingerprint density at radius 3 is 3.21 bits per heavy atom. The molecule has 0 aliphatic heterocycles. The van der Waals surface area contributed by atoms with Crippen molar-refractivity contribution in [1.29, 1.82) is 0 Å². The summed E-state index contributed by atoms with van der Waals surface area (Å²) in [6, 6.07) is 1.86. The van der Waals surface area contributed by atoms with Crippen LogP contribution in [0.5, 0.6) is 5.06 Å². The molecule has 0 fully saturated rings. The van der Waals surface area contributed by atoms with Gasteiger partial charge in [-0.25, -0.2) is 4.79 Å². The van der Waals surface area contributed by atoms with Gasteiger partial charge in [-0.2, -0.15) is 0 Å². The van der Waals surface area contributed by atoms with Gasteiger partial charge in [0.15, 0.2) is 5.06 Å². The van der Waals surface area contributed by atoms with E-state index in [1.807, 2.05) is 6.07 Å². The normalized spacial score (nSPS) is 20.2. The maximum absolute atomic E-state index is 10.3. The summed E-state index contributed by atoms with van der Waals surface area (Å²) in [5, 5.41) is 8.98. The maximum Gasteiger partial charge on any atom is 0.512 e. The fourth-order valence-electron chi connectivity index (χ4n) is 1.78. The summed E-state index contributed by atoms with van der Waals surface area (Å²) in [5.41, 5.74) is 1.27. The fraction of sp³-hybridized carbons (Fsp3) is 0.500. The van der Waals surface area contributed by atoms with Crippen LogP contribution in [-0.2, 0) is 12.8 Å². The number of hydrogen-bond donors (Lipinski definition) is 1. The highest BCUT2D eigenvalue weighted by atomic mass is 32.1. The van der Waals surface area contributed by atoms with Gasteiger partial charge in [-0.3, -0.25) is 0 Å². The number of thiophene rings is 1. The third kappa shape index (κ3) is 1.90. The first-order valence-electron chi connectivity index (χ1n) is 4.67. The Labute approximate surface area is 86.3 Å². The molecule has 1 unspecified atom stereocenters. The van der Waals surface area contributed by atoms with Gasteiger partial charge < -0.3 is 9.84 Å². The first-order valence-corrected chi connectivity index (χ1v) is 5.49. The summed E-state index contributed by atoms with van der Waals surface area (Å²) in [5.74, 6) is 0.707. The summed E-state index contributed by atoms with van der Waals surface area (Å²) >= 11 is 1.46. The average Bonchev–Trinajstić information content (AvgIpc) is 2.44. The van der Waals surface area contributed by atoms with Gasteiger partial charge in [-0.05, 0) is 36.8 Å². The minimum atomic E-state index is -1.23. The van der Waals surface area contributed by atoms with Crippen LogP contribution in [0.25, 0.3) is 0 Å². The van der Waals surface area contributed by atoms with Crippen LogP contribution in [0, 0.1) is 5.92 Å². The van der Waals surface area contributed by atoms with Gasteiger partial charge in [0.2, 0.25) is 0 Å². The molecule has 1 aliphatic rings. The minimum absolute atomic E-state index is 0.511. The van der Waals surface area contributed by atoms with Crippen molar-refractivity contribution < 1.29 is 14.6 Å². The molecule has 1 aromatic heterocycles. The molecule has 0 aromatic carbocycles. The molecule has 4 heteroatoms. The van der Waals surface area contributed by atoms with E-state index in [-0.39, 0.29) is 0 Å². The van der Waals surface area contributed by atoms with Crippen LogP contribution in [0.1, 0.15) is 23.8 Å². The third-order valence-corrected chi connectivity index (χ3v) is 3.58. The summed E-state index contributed by atoms with van der Waals surface area (Å²) in [7, 11) is 0. The van der Waals surface area contributed by atoms with Crippen LogP contribution in [0.3, 0.4) is 0 Å². The zero-order chi connectivity index (χ0) is 10.1. The molecule has 0 spiro atoms. The van der Waals surface area contributed by atoms with Gasteiger partial charge in [0.05, 0.1) is 0 Å². The van der Waals surface area contributed by atoms with Crippen molar-refractivity contribution in [3.8, 4) is 5.06 Å². The van der Waals surface area contributed by atoms with Crippen molar-refractivity contribution in [3.63, 3.8) is 0 Å². The second-order valence-electron chi connectivity index (χ2n) is 3.73. The van der Waals surface area contributed by atoms with E-state index < -0.39 is 6.16 Å². The summed E-state index contributed by atoms with van der Waals surface area (Å²) in [6.07, 6.45) is 2.08. The summed E-state index contributed by atoms with van der Waals surface area (Å²) < 4.78 is 4.64. The van der Waals surface area contributed by atoms with Crippen LogP contribution in [0.4, 0.5) is 4.79 Å². The molecule has 0 radical (unpaired) electrons. The first-order chi connectivity index (χ1) is 6.65. The van der Waals surface area contributed by atoms with Gasteiger partial charge in [0.25, 0.3) is 0 Å². The van der Waals surface area contributed by atoms with E-state index in [9.17, 15) is 4.79 Å². The van der Waals surface area contributed by atoms with Crippen molar-refractivity contribution >= 4 is 17.5 Å². The number of fused-ring (bicyclic) bond motifs is 1. The van der Waals surface area contributed by atoms with Crippen molar-refractivity contribution in [1.82, 2.24) is 0 Å². The molecule has 3 nitrogen and oxygen atoms in total. The Morgan fingerprint density at radius 2 is 2.50 bits per heavy atom. The molecule has 2 rings (SSSR count). The van der Waals surface area contributed by atoms with Crippen molar-refractivity contribution in [2.75, 3.05) is 0 Å². The van der Waals surface area contributed by atoms with Crippen LogP contribution < -0.4 is 4.74 Å². The molecular formula is C10H12O3S. The van der Waals surface area contributed by atoms with E-state index in [2.05, 4.69) is 11.7 Å². The molecule has 0 amide bonds. The Kier molecular flexibility index (Phi) is 2.46. The molecule has 1 aromatic rings. The Morgan fingerprint density at radius 1 is 1.71 bits per heavy atom. The molecular weight excluding hydrogens is 200 g/mol. The highest BCUT2D eigenvalue weighted by molar-refractivity contribution is 7.14. The number of carbonyl (C=O) groups is 1. The van der Waals surface area contributed by atoms with Crippen molar-refractivity contribution in [2.45, 2.75) is 26.2 Å². The smallest absolute Gasteiger partial charge is 0.449 e. The highest BCUT2D eigenvalue weighted by Gasteiger charge is 2.19. The van der Waals surface area contributed by atoms with Crippen LogP contribution in [0.15, 0.2) is 6.07 Å². The lowest BCUT2D eigenvalue weighted by Gasteiger charge is -2.16. The number of hydrogen-bond acceptors (Lipinski definition) is 3. The molecule has 14 heavy (non-hydrogen) atoms. The number of ether oxygens (including phenoxy) is 1. The maximum atomic E-state index is 10.3. The van der Waals surface area contributed by atoms with Gasteiger partial charge in [0, 0.05) is 4.88 Å². The lowest BCUT2D eigenvalue weighted by molar-refractivity contribution is 0.146. The lowest BCUT2D eigenvalue weighted by atomic mass is 9.91. The molecule has 1 atom stereocenters. The van der Waals surface area contributed by atoms with Crippen LogP contribution in [-0.4, -0.2) is 11.3 Å². The van der Waals surface area contributed by atoms with Crippen LogP contribution >= 0.6 is 11.3 Å². The standard InChI is InChI=1S/C10H12O3S/c1-6-2-3-7-5-9(13-10(11)12)14-8(7)4-6/h5-6H,2-4H2,1H3,(H,11,12). The zero-order valence-corrected chi connectivity index (χ0v) is 8.76. The van der Waals surface area contributed by atoms with E-state index in [0.717, 1.165) is 12.8 Å². The molecule has 76 valence electrons. The third-order valence-electron chi connectivity index (χ3n) is 2.50. The Hall–Kier alpha value is -1.03. The number of carboxylic acid groups (broad SMARTS) is 1. The monoisotopic (exact) mass is 212 g/mol. The lowest BCUT2D eigenvalue weighted by Crippen LogP contribution is -2.07. The van der Waals surface area contributed by atoms with Gasteiger partial charge in [0.1, 0.15) is 0 Å². The largest absolute Gasteiger partial charge is 0.512 e. The summed E-state index contributed by atoms with van der Waals surface area (Å²) in [4.78, 5) is 11.6. The topological polar surface area (TPSA) is 46.5 Å². The van der Waals surface area contributed by atoms with Crippen molar-refractivity contribution in [2.24, 2.45) is 5.92 Å². The first kappa shape index (κ1) is 9.52. The van der Waals surface area contributed by atoms with E-state index in [1.165, 1.54) is 28.2 Å². The number of aryl methyl sites for hydroxylation is 1. The molecule has 1 N–H and O–H groups in total. The van der Waals surface area contributed by atoms with Crippen molar-refractivity contribution in [3.05, 3.63) is 16.5 Å². The second kappa shape index (κ2) is 3.61. The van der Waals surface area contributed by atoms with E-state index in [0.29, 0.717) is 11.0 Å². The predicted molar refractivity (Wildman–Crippen MR) is 54.2 cm³/mol. The highest BCUT2D eigenvalue weighted by Crippen LogP contribution is 2.36. The molecule has 0 saturated heterocycles. The van der Waals surface area contributed by atoms with E-state index >= 15 is 0 Å². The van der Waals surface area contributed by atoms with Gasteiger partial charge in [-0.15, -0.1) is 11.3 Å². The second-order valence-corrected chi connectivity index (χ2v) is 4.83. The number of rotatable bonds is 1. The van der Waals surface area contributed by atoms with E-state index in [4.69, 9.17) is 5.11 Å². The SMILES string of the molecule is CC1CCc2cc(OC(=O)O)sc2C1. The molecule has 1 aliphatic carbocycles. The summed E-state index contributed by atoms with van der Waals surface area (Å²) in [6.45, 7) is 2.22. The molecule has 1 heterocycles. The van der Waals surface area contributed by atoms with Gasteiger partial charge >= 0.3 is 6.16 Å². The quantitative estimate of drug-likeness (QED) is 0.728. The van der Waals surface area contributed by atoms with Crippen LogP contribution in [0.2, 0.25) is 0 Å². The molecule has 0 bridgehead atoms. The predicted octanol–water partition coefficient (Wildman–Crippen LogP) is 2.93. The van der Waals surface area contributed by atoms with Gasteiger partial charge in [-0.1, -0.05) is 6.92 Å². The Balaban J connectivity index is 2.19. The minimum Gasteiger partial charge on any atom is -0.449 e.